The second-order valence-electron chi connectivity index (χ2n) is 20.4. The summed E-state index contributed by atoms with van der Waals surface area (Å²) in [4.78, 5) is 58.8. The van der Waals surface area contributed by atoms with Gasteiger partial charge in [0.15, 0.2) is 11.5 Å². The van der Waals surface area contributed by atoms with Gasteiger partial charge in [0.05, 0.1) is 41.8 Å². The first-order valence-electron chi connectivity index (χ1n) is 25.4. The molecule has 81 heavy (non-hydrogen) atoms. The summed E-state index contributed by atoms with van der Waals surface area (Å²) < 4.78 is 76.4. The van der Waals surface area contributed by atoms with Crippen LogP contribution < -0.4 is 19.2 Å². The Kier molecular flexibility index (Phi) is 14.5. The minimum atomic E-state index is -4.01. The lowest BCUT2D eigenvalue weighted by atomic mass is 9.95. The maximum Gasteiger partial charge on any atom is 0.294 e. The van der Waals surface area contributed by atoms with E-state index in [0.717, 1.165) is 0 Å². The Balaban J connectivity index is 0.833. The minimum absolute atomic E-state index is 0.0292. The van der Waals surface area contributed by atoms with Gasteiger partial charge in [0.25, 0.3) is 23.2 Å². The van der Waals surface area contributed by atoms with E-state index in [1.54, 1.807) is 88.9 Å². The second kappa shape index (κ2) is 21.3. The molecule has 5 heterocycles. The molecule has 2 N–H and O–H groups in total. The summed E-state index contributed by atoms with van der Waals surface area (Å²) in [5, 5.41) is 27.3. The molecular weight excluding hydrogens is 1130 g/mol. The van der Waals surface area contributed by atoms with Gasteiger partial charge >= 0.3 is 0 Å². The smallest absolute Gasteiger partial charge is 0.294 e. The number of furan rings is 3. The summed E-state index contributed by atoms with van der Waals surface area (Å²) in [7, 11) is -0.804. The predicted octanol–water partition coefficient (Wildman–Crippen LogP) is 9.87. The molecule has 2 aliphatic rings. The van der Waals surface area contributed by atoms with Crippen LogP contribution >= 0.6 is 23.2 Å². The van der Waals surface area contributed by atoms with E-state index < -0.39 is 53.5 Å². The number of sulfonamides is 2. The molecule has 0 bridgehead atoms. The van der Waals surface area contributed by atoms with Crippen molar-refractivity contribution < 1.29 is 49.5 Å². The largest absolute Gasteiger partial charge is 0.456 e. The van der Waals surface area contributed by atoms with Crippen LogP contribution in [0, 0.1) is 20.2 Å². The number of non-ortho nitro benzene ring substituents is 2. The summed E-state index contributed by atoms with van der Waals surface area (Å²) in [5.74, 6) is -0.960. The summed E-state index contributed by atoms with van der Waals surface area (Å²) in [6.07, 6.45) is 0. The summed E-state index contributed by atoms with van der Waals surface area (Å²) >= 11 is 13.0. The number of rotatable bonds is 18. The van der Waals surface area contributed by atoms with E-state index in [1.165, 1.54) is 58.3 Å². The number of benzene rings is 6. The molecule has 0 aliphatic carbocycles. The van der Waals surface area contributed by atoms with Crippen molar-refractivity contribution in [2.75, 3.05) is 89.0 Å². The third-order valence-corrected chi connectivity index (χ3v) is 18.3. The molecule has 2 atom stereocenters. The lowest BCUT2D eigenvalue weighted by Crippen LogP contribution is -2.31. The highest BCUT2D eigenvalue weighted by atomic mass is 35.5. The third-order valence-electron chi connectivity index (χ3n) is 14.6. The average Bonchev–Trinajstić information content (AvgIpc) is 4.43. The van der Waals surface area contributed by atoms with E-state index in [2.05, 4.69) is 9.44 Å². The van der Waals surface area contributed by atoms with Crippen molar-refractivity contribution in [3.05, 3.63) is 152 Å². The van der Waals surface area contributed by atoms with Gasteiger partial charge in [-0.3, -0.25) is 29.8 Å². The zero-order chi connectivity index (χ0) is 57.4. The molecule has 6 aromatic carbocycles. The number of nitro benzene ring substituents is 2. The van der Waals surface area contributed by atoms with E-state index in [0.29, 0.717) is 79.6 Å². The molecule has 0 radical (unpaired) electrons. The molecule has 9 aromatic rings. The van der Waals surface area contributed by atoms with Crippen molar-refractivity contribution in [1.82, 2.24) is 19.2 Å². The van der Waals surface area contributed by atoms with Crippen molar-refractivity contribution in [1.29, 1.82) is 0 Å². The maximum atomic E-state index is 14.4. The highest BCUT2D eigenvalue weighted by Crippen LogP contribution is 2.49. The lowest BCUT2D eigenvalue weighted by molar-refractivity contribution is -0.383. The molecule has 0 fully saturated rings. The van der Waals surface area contributed by atoms with E-state index in [-0.39, 0.29) is 92.8 Å². The fraction of sp³-hybridized carbons (Fsp3) is 0.250. The number of hydrogen-bond acceptors (Lipinski definition) is 15. The van der Waals surface area contributed by atoms with Crippen LogP contribution in [-0.2, 0) is 20.0 Å². The lowest BCUT2D eigenvalue weighted by Gasteiger charge is -2.17. The first kappa shape index (κ1) is 55.2. The number of nitro groups is 2. The van der Waals surface area contributed by atoms with Crippen LogP contribution in [0.5, 0.6) is 0 Å². The Hall–Kier alpha value is -7.74. The number of nitrogens with zero attached hydrogens (tertiary/aromatic N) is 6. The van der Waals surface area contributed by atoms with Gasteiger partial charge in [-0.15, -0.1) is 23.2 Å². The van der Waals surface area contributed by atoms with Gasteiger partial charge in [-0.1, -0.05) is 12.1 Å². The second-order valence-corrected chi connectivity index (χ2v) is 24.6. The molecule has 2 unspecified atom stereocenters. The fourth-order valence-electron chi connectivity index (χ4n) is 10.7. The van der Waals surface area contributed by atoms with Crippen LogP contribution in [0.3, 0.4) is 0 Å². The third kappa shape index (κ3) is 10.2. The van der Waals surface area contributed by atoms with Gasteiger partial charge in [-0.25, -0.2) is 26.3 Å². The number of carbonyl (C=O) groups is 2. The Morgan fingerprint density at radius 2 is 0.975 bits per heavy atom. The Labute approximate surface area is 472 Å². The maximum absolute atomic E-state index is 14.4. The fourth-order valence-corrected chi connectivity index (χ4v) is 13.3. The number of amides is 2. The number of anilines is 2. The zero-order valence-corrected chi connectivity index (χ0v) is 46.9. The Morgan fingerprint density at radius 3 is 1.35 bits per heavy atom. The van der Waals surface area contributed by atoms with Crippen molar-refractivity contribution in [3.8, 4) is 22.6 Å². The first-order valence-corrected chi connectivity index (χ1v) is 29.4. The highest BCUT2D eigenvalue weighted by molar-refractivity contribution is 7.89. The Bertz CT molecular complexity index is 4060. The number of fused-ring (bicyclic) bond motifs is 8. The minimum Gasteiger partial charge on any atom is -0.456 e. The van der Waals surface area contributed by atoms with Crippen LogP contribution in [0.1, 0.15) is 44.1 Å². The molecule has 0 spiro atoms. The molecule has 0 saturated heterocycles. The monoisotopic (exact) mass is 1180 g/mol. The van der Waals surface area contributed by atoms with Crippen molar-refractivity contribution in [2.45, 2.75) is 21.6 Å². The molecule has 2 aliphatic heterocycles. The first-order chi connectivity index (χ1) is 38.6. The SMILES string of the molecule is CN(C)CCNS(=O)(=O)c1ccc2c3c(cc([N+](=O)[O-])c2c1)N(C(=O)c1cc2cc(-c4ccc(-c5ccc6oc(C(=O)N7CC(CCl)c8c7cc([N+](=O)[O-])c7cc(S(=O)(=O)NCCN(C)C)ccc87)cc6c5)o4)ccc2o1)CC3CCl. The van der Waals surface area contributed by atoms with Gasteiger partial charge in [-0.05, 0) is 135 Å². The van der Waals surface area contributed by atoms with Gasteiger partial charge in [-0.2, -0.15) is 0 Å². The predicted molar refractivity (Wildman–Crippen MR) is 308 cm³/mol. The molecule has 21 nitrogen and oxygen atoms in total. The van der Waals surface area contributed by atoms with E-state index in [1.807, 2.05) is 9.80 Å². The van der Waals surface area contributed by atoms with Crippen LogP contribution in [-0.4, -0.2) is 128 Å². The van der Waals surface area contributed by atoms with E-state index >= 15 is 0 Å². The van der Waals surface area contributed by atoms with Gasteiger partial charge in [0.1, 0.15) is 22.7 Å². The van der Waals surface area contributed by atoms with Crippen LogP contribution in [0.15, 0.2) is 132 Å². The van der Waals surface area contributed by atoms with Crippen LogP contribution in [0.4, 0.5) is 22.7 Å². The molecule has 3 aromatic heterocycles. The normalized spacial score (nSPS) is 15.5. The standard InChI is InChI=1S/C56H50Cl2N8O13S2/c1-61(2)17-15-59-80(73,74)37-7-9-39-41(23-37)43(65(69)70)25-45-53(39)35(27-57)29-63(45)55(67)51-21-33-19-31(5-11-49(33)78-51)47-13-14-48(77-47)32-6-12-50-34(20-32)22-52(79-50)56(68)64-30-36(28-58)54-40-10-8-38(81(75,76)60-16-18-62(3)4)24-42(40)44(66(71)72)26-46(54)64/h5-14,19-26,35-36,59-60H,15-18,27-30H2,1-4H3. The molecule has 25 heteroatoms. The number of alkyl halides is 2. The molecule has 11 rings (SSSR count). The van der Waals surface area contributed by atoms with E-state index in [4.69, 9.17) is 36.5 Å². The number of halogens is 2. The molecule has 0 saturated carbocycles. The van der Waals surface area contributed by atoms with E-state index in [9.17, 15) is 46.7 Å². The van der Waals surface area contributed by atoms with Gasteiger partial charge < -0.3 is 32.9 Å². The van der Waals surface area contributed by atoms with Gasteiger partial charge in [0, 0.05) is 96.9 Å². The van der Waals surface area contributed by atoms with Crippen molar-refractivity contribution in [2.24, 2.45) is 0 Å². The molecule has 418 valence electrons. The topological polar surface area (TPSA) is 265 Å². The molecule has 2 amide bonds. The number of nitrogens with one attached hydrogen (secondary N) is 2. The highest BCUT2D eigenvalue weighted by Gasteiger charge is 2.40. The molecular formula is C56H50Cl2N8O13S2. The van der Waals surface area contributed by atoms with Crippen LogP contribution in [0.25, 0.3) is 66.1 Å². The van der Waals surface area contributed by atoms with Crippen molar-refractivity contribution in [3.63, 3.8) is 0 Å². The van der Waals surface area contributed by atoms with Gasteiger partial charge in [0.2, 0.25) is 20.0 Å². The zero-order valence-electron chi connectivity index (χ0n) is 43.8. The number of hydrogen-bond donors (Lipinski definition) is 2. The quantitative estimate of drug-likeness (QED) is 0.0460. The summed E-state index contributed by atoms with van der Waals surface area (Å²) in [6, 6.07) is 28.2. The summed E-state index contributed by atoms with van der Waals surface area (Å²) in [6.45, 7) is 1.32. The number of carbonyl (C=O) groups excluding carboxylic acids is 2. The van der Waals surface area contributed by atoms with Crippen molar-refractivity contribution >= 4 is 121 Å². The Morgan fingerprint density at radius 1 is 0.568 bits per heavy atom. The van der Waals surface area contributed by atoms with Crippen LogP contribution in [0.2, 0.25) is 0 Å². The number of likely N-dealkylation sites (N-methyl/N-ethyl adjacent to an activating group) is 2. The average molecular weight is 1180 g/mol. The summed E-state index contributed by atoms with van der Waals surface area (Å²) in [5.41, 5.74) is 3.02.